The van der Waals surface area contributed by atoms with E-state index in [9.17, 15) is 4.79 Å². The van der Waals surface area contributed by atoms with Gasteiger partial charge in [0, 0.05) is 23.6 Å². The Labute approximate surface area is 102 Å². The molecular weight excluding hydrogens is 220 g/mol. The van der Waals surface area contributed by atoms with Gasteiger partial charge in [0.1, 0.15) is 0 Å². The summed E-state index contributed by atoms with van der Waals surface area (Å²) in [6.45, 7) is 2.01. The summed E-state index contributed by atoms with van der Waals surface area (Å²) in [5.74, 6) is 0.122. The number of amides is 1. The first-order valence-corrected chi connectivity index (χ1v) is 7.37. The minimum atomic E-state index is 0.122. The number of rotatable bonds is 3. The van der Waals surface area contributed by atoms with Crippen LogP contribution in [-0.4, -0.2) is 40.9 Å². The largest absolute Gasteiger partial charge is 0.340 e. The van der Waals surface area contributed by atoms with Gasteiger partial charge in [-0.1, -0.05) is 12.8 Å². The van der Waals surface area contributed by atoms with Crippen molar-refractivity contribution in [2.24, 2.45) is 5.73 Å². The van der Waals surface area contributed by atoms with Crippen molar-refractivity contribution in [3.05, 3.63) is 0 Å². The van der Waals surface area contributed by atoms with Crippen LogP contribution in [0, 0.1) is 0 Å². The van der Waals surface area contributed by atoms with Crippen LogP contribution in [0.15, 0.2) is 0 Å². The third-order valence-electron chi connectivity index (χ3n) is 3.59. The van der Waals surface area contributed by atoms with Gasteiger partial charge in [-0.15, -0.1) is 0 Å². The van der Waals surface area contributed by atoms with E-state index in [0.717, 1.165) is 24.8 Å². The maximum Gasteiger partial charge on any atom is 0.236 e. The minimum absolute atomic E-state index is 0.122. The van der Waals surface area contributed by atoms with E-state index in [4.69, 9.17) is 5.73 Å². The predicted octanol–water partition coefficient (Wildman–Crippen LogP) is 1.61. The number of carbonyl (C=O) groups excluding carboxylic acids is 1. The summed E-state index contributed by atoms with van der Waals surface area (Å²) >= 11 is 2.13. The van der Waals surface area contributed by atoms with Gasteiger partial charge in [-0.3, -0.25) is 4.79 Å². The number of hydrogen-bond donors (Lipinski definition) is 1. The lowest BCUT2D eigenvalue weighted by atomic mass is 10.1. The second-order valence-electron chi connectivity index (χ2n) is 4.85. The second-order valence-corrected chi connectivity index (χ2v) is 6.46. The molecule has 1 heterocycles. The molecule has 1 saturated heterocycles. The molecule has 0 spiro atoms. The third kappa shape index (κ3) is 3.14. The molecule has 0 radical (unpaired) electrons. The highest BCUT2D eigenvalue weighted by Gasteiger charge is 2.26. The Morgan fingerprint density at radius 3 is 2.56 bits per heavy atom. The molecule has 2 N–H and O–H groups in total. The van der Waals surface area contributed by atoms with Gasteiger partial charge in [-0.2, -0.15) is 11.8 Å². The third-order valence-corrected chi connectivity index (χ3v) is 5.22. The lowest BCUT2D eigenvalue weighted by molar-refractivity contribution is -0.130. The van der Waals surface area contributed by atoms with Crippen molar-refractivity contribution in [1.29, 1.82) is 0 Å². The first kappa shape index (κ1) is 12.2. The summed E-state index contributed by atoms with van der Waals surface area (Å²) in [5, 5.41) is 1.52. The lowest BCUT2D eigenvalue weighted by Crippen LogP contribution is -2.44. The fourth-order valence-electron chi connectivity index (χ4n) is 2.70. The summed E-state index contributed by atoms with van der Waals surface area (Å²) in [6, 6.07) is 0. The van der Waals surface area contributed by atoms with Crippen LogP contribution in [0.5, 0.6) is 0 Å². The molecule has 2 fully saturated rings. The SMILES string of the molecule is NCC(=O)N1CCCC(SC2CCCC2)C1. The van der Waals surface area contributed by atoms with Crippen LogP contribution in [0.4, 0.5) is 0 Å². The fraction of sp³-hybridized carbons (Fsp3) is 0.917. The van der Waals surface area contributed by atoms with Crippen LogP contribution < -0.4 is 5.73 Å². The molecule has 1 amide bonds. The first-order chi connectivity index (χ1) is 7.79. The van der Waals surface area contributed by atoms with E-state index in [0.29, 0.717) is 5.25 Å². The number of hydrogen-bond acceptors (Lipinski definition) is 3. The standard InChI is InChI=1S/C12H22N2OS/c13-8-12(15)14-7-3-6-11(9-14)16-10-4-1-2-5-10/h10-11H,1-9,13H2. The number of likely N-dealkylation sites (tertiary alicyclic amines) is 1. The van der Waals surface area contributed by atoms with E-state index >= 15 is 0 Å². The molecule has 2 aliphatic rings. The van der Waals surface area contributed by atoms with Crippen LogP contribution in [-0.2, 0) is 4.79 Å². The highest BCUT2D eigenvalue weighted by molar-refractivity contribution is 8.00. The Morgan fingerprint density at radius 2 is 1.88 bits per heavy atom. The van der Waals surface area contributed by atoms with E-state index < -0.39 is 0 Å². The molecule has 2 rings (SSSR count). The fourth-order valence-corrected chi connectivity index (χ4v) is 4.42. The van der Waals surface area contributed by atoms with Gasteiger partial charge in [0.25, 0.3) is 0 Å². The smallest absolute Gasteiger partial charge is 0.236 e. The zero-order valence-corrected chi connectivity index (χ0v) is 10.7. The van der Waals surface area contributed by atoms with Gasteiger partial charge >= 0.3 is 0 Å². The van der Waals surface area contributed by atoms with E-state index in [1.54, 1.807) is 0 Å². The predicted molar refractivity (Wildman–Crippen MR) is 68.5 cm³/mol. The Bertz CT molecular complexity index is 241. The molecule has 0 aromatic heterocycles. The number of thioether (sulfide) groups is 1. The normalized spacial score (nSPS) is 27.3. The van der Waals surface area contributed by atoms with Crippen LogP contribution >= 0.6 is 11.8 Å². The van der Waals surface area contributed by atoms with Gasteiger partial charge in [0.05, 0.1) is 6.54 Å². The van der Waals surface area contributed by atoms with Crippen molar-refractivity contribution in [2.75, 3.05) is 19.6 Å². The Balaban J connectivity index is 1.79. The molecule has 1 unspecified atom stereocenters. The van der Waals surface area contributed by atoms with E-state index in [-0.39, 0.29) is 12.5 Å². The van der Waals surface area contributed by atoms with Crippen LogP contribution in [0.2, 0.25) is 0 Å². The molecular formula is C12H22N2OS. The summed E-state index contributed by atoms with van der Waals surface area (Å²) < 4.78 is 0. The highest BCUT2D eigenvalue weighted by atomic mass is 32.2. The average Bonchev–Trinajstić information content (AvgIpc) is 2.81. The zero-order chi connectivity index (χ0) is 11.4. The Morgan fingerprint density at radius 1 is 1.19 bits per heavy atom. The quantitative estimate of drug-likeness (QED) is 0.818. The highest BCUT2D eigenvalue weighted by Crippen LogP contribution is 2.35. The van der Waals surface area contributed by atoms with Gasteiger partial charge in [0.15, 0.2) is 0 Å². The topological polar surface area (TPSA) is 46.3 Å². The van der Waals surface area contributed by atoms with E-state index in [1.807, 2.05) is 4.90 Å². The average molecular weight is 242 g/mol. The van der Waals surface area contributed by atoms with Gasteiger partial charge in [0.2, 0.25) is 5.91 Å². The minimum Gasteiger partial charge on any atom is -0.340 e. The van der Waals surface area contributed by atoms with Gasteiger partial charge < -0.3 is 10.6 Å². The summed E-state index contributed by atoms with van der Waals surface area (Å²) in [5.41, 5.74) is 5.41. The van der Waals surface area contributed by atoms with Crippen molar-refractivity contribution >= 4 is 17.7 Å². The molecule has 1 saturated carbocycles. The molecule has 92 valence electrons. The van der Waals surface area contributed by atoms with Crippen molar-refractivity contribution < 1.29 is 4.79 Å². The first-order valence-electron chi connectivity index (χ1n) is 6.43. The number of carbonyl (C=O) groups is 1. The molecule has 4 heteroatoms. The van der Waals surface area contributed by atoms with Gasteiger partial charge in [-0.05, 0) is 25.7 Å². The molecule has 0 aromatic carbocycles. The number of piperidine rings is 1. The Kier molecular flexibility index (Phi) is 4.53. The summed E-state index contributed by atoms with van der Waals surface area (Å²) in [6.07, 6.45) is 7.98. The number of nitrogens with two attached hydrogens (primary N) is 1. The van der Waals surface area contributed by atoms with Crippen molar-refractivity contribution in [3.63, 3.8) is 0 Å². The molecule has 1 atom stereocenters. The van der Waals surface area contributed by atoms with Crippen molar-refractivity contribution in [3.8, 4) is 0 Å². The molecule has 0 bridgehead atoms. The maximum absolute atomic E-state index is 11.5. The van der Waals surface area contributed by atoms with Crippen LogP contribution in [0.1, 0.15) is 38.5 Å². The van der Waals surface area contributed by atoms with Crippen molar-refractivity contribution in [2.45, 2.75) is 49.0 Å². The second kappa shape index (κ2) is 5.92. The molecule has 1 aliphatic carbocycles. The number of nitrogens with zero attached hydrogens (tertiary/aromatic N) is 1. The zero-order valence-electron chi connectivity index (χ0n) is 9.86. The summed E-state index contributed by atoms with van der Waals surface area (Å²) in [7, 11) is 0. The molecule has 3 nitrogen and oxygen atoms in total. The van der Waals surface area contributed by atoms with Gasteiger partial charge in [-0.25, -0.2) is 0 Å². The Hall–Kier alpha value is -0.220. The van der Waals surface area contributed by atoms with Crippen LogP contribution in [0.25, 0.3) is 0 Å². The lowest BCUT2D eigenvalue weighted by Gasteiger charge is -2.33. The molecule has 1 aliphatic heterocycles. The molecule has 16 heavy (non-hydrogen) atoms. The summed E-state index contributed by atoms with van der Waals surface area (Å²) in [4.78, 5) is 13.5. The van der Waals surface area contributed by atoms with Crippen molar-refractivity contribution in [1.82, 2.24) is 4.90 Å². The van der Waals surface area contributed by atoms with E-state index in [2.05, 4.69) is 11.8 Å². The van der Waals surface area contributed by atoms with Crippen LogP contribution in [0.3, 0.4) is 0 Å². The monoisotopic (exact) mass is 242 g/mol. The van der Waals surface area contributed by atoms with E-state index in [1.165, 1.54) is 32.1 Å². The molecule has 0 aromatic rings. The maximum atomic E-state index is 11.5.